The predicted octanol–water partition coefficient (Wildman–Crippen LogP) is 2.01. The summed E-state index contributed by atoms with van der Waals surface area (Å²) < 4.78 is 44.2. The Morgan fingerprint density at radius 1 is 1.28 bits per heavy atom. The van der Waals surface area contributed by atoms with Crippen molar-refractivity contribution in [2.24, 2.45) is 0 Å². The van der Waals surface area contributed by atoms with Gasteiger partial charge in [0.25, 0.3) is 0 Å². The molecule has 1 heterocycles. The second-order valence-electron chi connectivity index (χ2n) is 3.90. The number of hydrogen-bond donors (Lipinski definition) is 2. The van der Waals surface area contributed by atoms with Gasteiger partial charge in [-0.25, -0.2) is 18.0 Å². The maximum atomic E-state index is 13.2. The third kappa shape index (κ3) is 2.92. The lowest BCUT2D eigenvalue weighted by atomic mass is 10.2. The van der Waals surface area contributed by atoms with Gasteiger partial charge in [-0.1, -0.05) is 0 Å². The van der Waals surface area contributed by atoms with Crippen molar-refractivity contribution in [2.75, 3.05) is 18.5 Å². The van der Waals surface area contributed by atoms with Gasteiger partial charge in [-0.2, -0.15) is 0 Å². The zero-order valence-corrected chi connectivity index (χ0v) is 9.30. The van der Waals surface area contributed by atoms with Gasteiger partial charge in [0.15, 0.2) is 11.6 Å². The van der Waals surface area contributed by atoms with Gasteiger partial charge in [-0.3, -0.25) is 0 Å². The Morgan fingerprint density at radius 2 is 1.94 bits per heavy atom. The number of urea groups is 1. The van der Waals surface area contributed by atoms with Gasteiger partial charge in [0.1, 0.15) is 11.5 Å². The Morgan fingerprint density at radius 3 is 2.50 bits per heavy atom. The SMILES string of the molecule is O=C(Nc1c(F)cc(F)cc1F)NC1CCOC1. The van der Waals surface area contributed by atoms with Crippen LogP contribution in [0.5, 0.6) is 0 Å². The van der Waals surface area contributed by atoms with E-state index < -0.39 is 29.2 Å². The first-order chi connectivity index (χ1) is 8.56. The van der Waals surface area contributed by atoms with Gasteiger partial charge in [-0.05, 0) is 6.42 Å². The zero-order valence-electron chi connectivity index (χ0n) is 9.30. The summed E-state index contributed by atoms with van der Waals surface area (Å²) in [5.41, 5.74) is -0.673. The summed E-state index contributed by atoms with van der Waals surface area (Å²) in [7, 11) is 0. The lowest BCUT2D eigenvalue weighted by molar-refractivity contribution is 0.189. The number of carbonyl (C=O) groups is 1. The molecule has 1 fully saturated rings. The molecule has 2 rings (SSSR count). The maximum absolute atomic E-state index is 13.2. The summed E-state index contributed by atoms with van der Waals surface area (Å²) in [6, 6.07) is 0.0563. The van der Waals surface area contributed by atoms with E-state index in [0.29, 0.717) is 31.8 Å². The first-order valence-electron chi connectivity index (χ1n) is 5.36. The smallest absolute Gasteiger partial charge is 0.319 e. The van der Waals surface area contributed by atoms with Crippen molar-refractivity contribution in [1.82, 2.24) is 5.32 Å². The fourth-order valence-corrected chi connectivity index (χ4v) is 1.64. The molecule has 1 aliphatic heterocycles. The van der Waals surface area contributed by atoms with Crippen LogP contribution in [0.2, 0.25) is 0 Å². The molecule has 2 amide bonds. The Labute approximate surface area is 101 Å². The molecule has 1 aliphatic rings. The lowest BCUT2D eigenvalue weighted by Crippen LogP contribution is -2.38. The molecule has 4 nitrogen and oxygen atoms in total. The monoisotopic (exact) mass is 260 g/mol. The van der Waals surface area contributed by atoms with Gasteiger partial charge in [0.05, 0.1) is 12.6 Å². The number of anilines is 1. The standard InChI is InChI=1S/C11H11F3N2O2/c12-6-3-8(13)10(9(14)4-6)16-11(17)15-7-1-2-18-5-7/h3-4,7H,1-2,5H2,(H2,15,16,17). The highest BCUT2D eigenvalue weighted by Crippen LogP contribution is 2.20. The van der Waals surface area contributed by atoms with Crippen molar-refractivity contribution in [2.45, 2.75) is 12.5 Å². The fraction of sp³-hybridized carbons (Fsp3) is 0.364. The highest BCUT2D eigenvalue weighted by Gasteiger charge is 2.19. The lowest BCUT2D eigenvalue weighted by Gasteiger charge is -2.12. The predicted molar refractivity (Wildman–Crippen MR) is 57.7 cm³/mol. The van der Waals surface area contributed by atoms with E-state index in [2.05, 4.69) is 5.32 Å². The summed E-state index contributed by atoms with van der Waals surface area (Å²) in [6.07, 6.45) is 0.641. The summed E-state index contributed by atoms with van der Waals surface area (Å²) in [5.74, 6) is -3.37. The third-order valence-corrected chi connectivity index (χ3v) is 2.51. The Bertz CT molecular complexity index is 439. The molecule has 1 aromatic rings. The van der Waals surface area contributed by atoms with Gasteiger partial charge >= 0.3 is 6.03 Å². The molecule has 7 heteroatoms. The van der Waals surface area contributed by atoms with Crippen molar-refractivity contribution in [3.05, 3.63) is 29.6 Å². The van der Waals surface area contributed by atoms with Crippen molar-refractivity contribution < 1.29 is 22.7 Å². The number of amides is 2. The van der Waals surface area contributed by atoms with Gasteiger partial charge < -0.3 is 15.4 Å². The number of nitrogens with one attached hydrogen (secondary N) is 2. The first-order valence-corrected chi connectivity index (χ1v) is 5.36. The van der Waals surface area contributed by atoms with Crippen LogP contribution in [-0.2, 0) is 4.74 Å². The second-order valence-corrected chi connectivity index (χ2v) is 3.90. The number of rotatable bonds is 2. The highest BCUT2D eigenvalue weighted by atomic mass is 19.1. The molecule has 0 saturated carbocycles. The first kappa shape index (κ1) is 12.7. The van der Waals surface area contributed by atoms with E-state index in [1.165, 1.54) is 0 Å². The van der Waals surface area contributed by atoms with Crippen molar-refractivity contribution >= 4 is 11.7 Å². The minimum absolute atomic E-state index is 0.184. The van der Waals surface area contributed by atoms with E-state index in [1.807, 2.05) is 5.32 Å². The van der Waals surface area contributed by atoms with Gasteiger partial charge in [0.2, 0.25) is 0 Å². The number of ether oxygens (including phenoxy) is 1. The van der Waals surface area contributed by atoms with Crippen LogP contribution in [0.3, 0.4) is 0 Å². The number of carbonyl (C=O) groups excluding carboxylic acids is 1. The van der Waals surface area contributed by atoms with E-state index in [1.54, 1.807) is 0 Å². The van der Waals surface area contributed by atoms with Crippen LogP contribution in [0.25, 0.3) is 0 Å². The van der Waals surface area contributed by atoms with E-state index >= 15 is 0 Å². The van der Waals surface area contributed by atoms with E-state index in [0.717, 1.165) is 0 Å². The summed E-state index contributed by atoms with van der Waals surface area (Å²) in [4.78, 5) is 11.5. The number of halogens is 3. The van der Waals surface area contributed by atoms with Crippen LogP contribution in [0.4, 0.5) is 23.7 Å². The van der Waals surface area contributed by atoms with Crippen molar-refractivity contribution in [3.63, 3.8) is 0 Å². The normalized spacial score (nSPS) is 18.7. The molecule has 1 atom stereocenters. The molecule has 2 N–H and O–H groups in total. The van der Waals surface area contributed by atoms with Crippen LogP contribution < -0.4 is 10.6 Å². The molecule has 1 saturated heterocycles. The molecular formula is C11H11F3N2O2. The van der Waals surface area contributed by atoms with Crippen LogP contribution in [0.15, 0.2) is 12.1 Å². The average molecular weight is 260 g/mol. The minimum atomic E-state index is -1.16. The van der Waals surface area contributed by atoms with Crippen LogP contribution >= 0.6 is 0 Å². The molecule has 0 radical (unpaired) electrons. The van der Waals surface area contributed by atoms with Gasteiger partial charge in [0, 0.05) is 18.7 Å². The molecular weight excluding hydrogens is 249 g/mol. The van der Waals surface area contributed by atoms with E-state index in [-0.39, 0.29) is 6.04 Å². The molecule has 1 aromatic carbocycles. The second kappa shape index (κ2) is 5.26. The summed E-state index contributed by atoms with van der Waals surface area (Å²) in [5, 5.41) is 4.50. The topological polar surface area (TPSA) is 50.4 Å². The number of hydrogen-bond acceptors (Lipinski definition) is 2. The maximum Gasteiger partial charge on any atom is 0.319 e. The summed E-state index contributed by atoms with van der Waals surface area (Å²) in [6.45, 7) is 0.895. The average Bonchev–Trinajstić information content (AvgIpc) is 2.76. The molecule has 18 heavy (non-hydrogen) atoms. The zero-order chi connectivity index (χ0) is 13.1. The minimum Gasteiger partial charge on any atom is -0.379 e. The Kier molecular flexibility index (Phi) is 3.71. The molecule has 0 bridgehead atoms. The summed E-state index contributed by atoms with van der Waals surface area (Å²) >= 11 is 0. The quantitative estimate of drug-likeness (QED) is 0.854. The fourth-order valence-electron chi connectivity index (χ4n) is 1.64. The van der Waals surface area contributed by atoms with Crippen molar-refractivity contribution in [3.8, 4) is 0 Å². The molecule has 1 unspecified atom stereocenters. The van der Waals surface area contributed by atoms with Crippen LogP contribution in [0, 0.1) is 17.5 Å². The van der Waals surface area contributed by atoms with E-state index in [9.17, 15) is 18.0 Å². The van der Waals surface area contributed by atoms with E-state index in [4.69, 9.17) is 4.74 Å². The van der Waals surface area contributed by atoms with Crippen LogP contribution in [0.1, 0.15) is 6.42 Å². The molecule has 0 aliphatic carbocycles. The largest absolute Gasteiger partial charge is 0.379 e. The van der Waals surface area contributed by atoms with Crippen LogP contribution in [-0.4, -0.2) is 25.3 Å². The van der Waals surface area contributed by atoms with Crippen molar-refractivity contribution in [1.29, 1.82) is 0 Å². The molecule has 98 valence electrons. The Balaban J connectivity index is 2.02. The highest BCUT2D eigenvalue weighted by molar-refractivity contribution is 5.89. The molecule has 0 spiro atoms. The third-order valence-electron chi connectivity index (χ3n) is 2.51. The Hall–Kier alpha value is -1.76. The number of benzene rings is 1. The molecule has 0 aromatic heterocycles. The van der Waals surface area contributed by atoms with Gasteiger partial charge in [-0.15, -0.1) is 0 Å².